The SMILES string of the molecule is CCNC(=O)N1CCN(C(=O)/C(C#N)=C/c2cc(C)n(CCC(C)C)c2C)CC1. The molecule has 0 bridgehead atoms. The van der Waals surface area contributed by atoms with E-state index in [0.717, 1.165) is 29.9 Å². The van der Waals surface area contributed by atoms with Crippen molar-refractivity contribution >= 4 is 18.0 Å². The Morgan fingerprint density at radius 1 is 1.21 bits per heavy atom. The summed E-state index contributed by atoms with van der Waals surface area (Å²) < 4.78 is 2.25. The van der Waals surface area contributed by atoms with Gasteiger partial charge < -0.3 is 19.7 Å². The Labute approximate surface area is 174 Å². The molecule has 0 aliphatic carbocycles. The minimum atomic E-state index is -0.268. The maximum absolute atomic E-state index is 12.9. The van der Waals surface area contributed by atoms with Crippen LogP contribution in [0.5, 0.6) is 0 Å². The van der Waals surface area contributed by atoms with Crippen molar-refractivity contribution in [3.05, 3.63) is 28.6 Å². The summed E-state index contributed by atoms with van der Waals surface area (Å²) in [7, 11) is 0. The predicted molar refractivity (Wildman–Crippen MR) is 114 cm³/mol. The van der Waals surface area contributed by atoms with Gasteiger partial charge in [0.1, 0.15) is 11.6 Å². The number of amides is 3. The first-order chi connectivity index (χ1) is 13.8. The fourth-order valence-corrected chi connectivity index (χ4v) is 3.55. The zero-order valence-electron chi connectivity index (χ0n) is 18.3. The molecule has 3 amide bonds. The molecule has 29 heavy (non-hydrogen) atoms. The molecule has 1 aliphatic rings. The first kappa shape index (κ1) is 22.5. The van der Waals surface area contributed by atoms with Gasteiger partial charge in [-0.1, -0.05) is 13.8 Å². The third-order valence-electron chi connectivity index (χ3n) is 5.38. The second kappa shape index (κ2) is 10.1. The quantitative estimate of drug-likeness (QED) is 0.590. The highest BCUT2D eigenvalue weighted by molar-refractivity contribution is 6.02. The Kier molecular flexibility index (Phi) is 7.89. The Morgan fingerprint density at radius 2 is 1.83 bits per heavy atom. The summed E-state index contributed by atoms with van der Waals surface area (Å²) in [6.45, 7) is 13.7. The number of hydrogen-bond acceptors (Lipinski definition) is 3. The van der Waals surface area contributed by atoms with Crippen molar-refractivity contribution in [2.45, 2.75) is 47.6 Å². The average molecular weight is 400 g/mol. The molecule has 1 aliphatic heterocycles. The van der Waals surface area contributed by atoms with E-state index in [9.17, 15) is 14.9 Å². The lowest BCUT2D eigenvalue weighted by Crippen LogP contribution is -2.53. The standard InChI is InChI=1S/C22H33N5O2/c1-6-24-22(29)26-11-9-25(10-12-26)21(28)20(15-23)14-19-13-17(4)27(18(19)5)8-7-16(2)3/h13-14,16H,6-12H2,1-5H3,(H,24,29)/b20-14+. The van der Waals surface area contributed by atoms with Crippen LogP contribution < -0.4 is 5.32 Å². The van der Waals surface area contributed by atoms with Crippen molar-refractivity contribution in [3.8, 4) is 6.07 Å². The van der Waals surface area contributed by atoms with Crippen LogP contribution >= 0.6 is 0 Å². The molecule has 1 N–H and O–H groups in total. The number of nitriles is 1. The van der Waals surface area contributed by atoms with Crippen molar-refractivity contribution < 1.29 is 9.59 Å². The van der Waals surface area contributed by atoms with E-state index in [1.54, 1.807) is 15.9 Å². The van der Waals surface area contributed by atoms with Crippen molar-refractivity contribution in [2.75, 3.05) is 32.7 Å². The lowest BCUT2D eigenvalue weighted by molar-refractivity contribution is -0.128. The first-order valence-corrected chi connectivity index (χ1v) is 10.4. The molecule has 1 aromatic rings. The largest absolute Gasteiger partial charge is 0.349 e. The summed E-state index contributed by atoms with van der Waals surface area (Å²) in [4.78, 5) is 28.1. The number of rotatable bonds is 6. The third-order valence-corrected chi connectivity index (χ3v) is 5.38. The van der Waals surface area contributed by atoms with Gasteiger partial charge in [0.15, 0.2) is 0 Å². The van der Waals surface area contributed by atoms with Gasteiger partial charge in [-0.15, -0.1) is 0 Å². The number of nitrogens with zero attached hydrogens (tertiary/aromatic N) is 4. The third kappa shape index (κ3) is 5.63. The summed E-state index contributed by atoms with van der Waals surface area (Å²) in [5.41, 5.74) is 3.26. The molecule has 0 unspecified atom stereocenters. The molecular weight excluding hydrogens is 366 g/mol. The zero-order chi connectivity index (χ0) is 21.6. The fraction of sp³-hybridized carbons (Fsp3) is 0.591. The number of piperazine rings is 1. The number of hydrogen-bond donors (Lipinski definition) is 1. The molecule has 7 heteroatoms. The molecule has 0 saturated carbocycles. The van der Waals surface area contributed by atoms with Gasteiger partial charge in [0.25, 0.3) is 5.91 Å². The lowest BCUT2D eigenvalue weighted by atomic mass is 10.1. The van der Waals surface area contributed by atoms with Crippen LogP contribution in [0.25, 0.3) is 6.08 Å². The summed E-state index contributed by atoms with van der Waals surface area (Å²) in [6, 6.07) is 4.00. The summed E-state index contributed by atoms with van der Waals surface area (Å²) in [5.74, 6) is 0.347. The lowest BCUT2D eigenvalue weighted by Gasteiger charge is -2.34. The number of aryl methyl sites for hydroxylation is 1. The normalized spacial score (nSPS) is 14.9. The smallest absolute Gasteiger partial charge is 0.317 e. The molecule has 2 heterocycles. The number of aromatic nitrogens is 1. The summed E-state index contributed by atoms with van der Waals surface area (Å²) >= 11 is 0. The van der Waals surface area contributed by atoms with E-state index in [0.29, 0.717) is 38.6 Å². The van der Waals surface area contributed by atoms with Gasteiger partial charge in [-0.25, -0.2) is 4.79 Å². The fourth-order valence-electron chi connectivity index (χ4n) is 3.55. The van der Waals surface area contributed by atoms with E-state index in [-0.39, 0.29) is 17.5 Å². The molecule has 0 radical (unpaired) electrons. The highest BCUT2D eigenvalue weighted by atomic mass is 16.2. The number of urea groups is 1. The molecule has 0 spiro atoms. The van der Waals surface area contributed by atoms with E-state index in [1.165, 1.54) is 0 Å². The highest BCUT2D eigenvalue weighted by Crippen LogP contribution is 2.20. The molecule has 0 aromatic carbocycles. The van der Waals surface area contributed by atoms with Crippen molar-refractivity contribution in [1.29, 1.82) is 5.26 Å². The minimum absolute atomic E-state index is 0.107. The zero-order valence-corrected chi connectivity index (χ0v) is 18.3. The molecule has 1 saturated heterocycles. The molecule has 2 rings (SSSR count). The Morgan fingerprint density at radius 3 is 2.38 bits per heavy atom. The van der Waals surface area contributed by atoms with Gasteiger partial charge in [-0.3, -0.25) is 4.79 Å². The van der Waals surface area contributed by atoms with Gasteiger partial charge in [0.2, 0.25) is 0 Å². The van der Waals surface area contributed by atoms with E-state index >= 15 is 0 Å². The van der Waals surface area contributed by atoms with Crippen LogP contribution in [0.3, 0.4) is 0 Å². The van der Waals surface area contributed by atoms with Gasteiger partial charge in [-0.2, -0.15) is 5.26 Å². The maximum Gasteiger partial charge on any atom is 0.317 e. The van der Waals surface area contributed by atoms with Gasteiger partial charge in [0.05, 0.1) is 0 Å². The molecule has 158 valence electrons. The van der Waals surface area contributed by atoms with Crippen LogP contribution in [-0.4, -0.2) is 59.0 Å². The maximum atomic E-state index is 12.9. The van der Waals surface area contributed by atoms with Gasteiger partial charge >= 0.3 is 6.03 Å². The highest BCUT2D eigenvalue weighted by Gasteiger charge is 2.26. The first-order valence-electron chi connectivity index (χ1n) is 10.4. The average Bonchev–Trinajstić information content (AvgIpc) is 2.96. The van der Waals surface area contributed by atoms with Crippen molar-refractivity contribution in [1.82, 2.24) is 19.7 Å². The van der Waals surface area contributed by atoms with Crippen LogP contribution in [-0.2, 0) is 11.3 Å². The van der Waals surface area contributed by atoms with Crippen molar-refractivity contribution in [2.24, 2.45) is 5.92 Å². The molecule has 1 fully saturated rings. The molecule has 0 atom stereocenters. The topological polar surface area (TPSA) is 81.4 Å². The van der Waals surface area contributed by atoms with Crippen LogP contribution in [0.2, 0.25) is 0 Å². The number of carbonyl (C=O) groups excluding carboxylic acids is 2. The number of nitrogens with one attached hydrogen (secondary N) is 1. The van der Waals surface area contributed by atoms with Crippen LogP contribution in [0.1, 0.15) is 44.1 Å². The molecule has 1 aromatic heterocycles. The Balaban J connectivity index is 2.11. The van der Waals surface area contributed by atoms with E-state index in [2.05, 4.69) is 36.7 Å². The second-order valence-corrected chi connectivity index (χ2v) is 7.95. The predicted octanol–water partition coefficient (Wildman–Crippen LogP) is 2.93. The summed E-state index contributed by atoms with van der Waals surface area (Å²) in [5, 5.41) is 12.4. The summed E-state index contributed by atoms with van der Waals surface area (Å²) in [6.07, 6.45) is 2.78. The number of carbonyl (C=O) groups is 2. The molecule has 7 nitrogen and oxygen atoms in total. The monoisotopic (exact) mass is 399 g/mol. The second-order valence-electron chi connectivity index (χ2n) is 7.95. The van der Waals surface area contributed by atoms with Crippen LogP contribution in [0.4, 0.5) is 4.79 Å². The van der Waals surface area contributed by atoms with Gasteiger partial charge in [0, 0.05) is 50.7 Å². The van der Waals surface area contributed by atoms with Crippen LogP contribution in [0, 0.1) is 31.1 Å². The van der Waals surface area contributed by atoms with E-state index in [4.69, 9.17) is 0 Å². The van der Waals surface area contributed by atoms with E-state index < -0.39 is 0 Å². The molecular formula is C22H33N5O2. The van der Waals surface area contributed by atoms with Gasteiger partial charge in [-0.05, 0) is 50.8 Å². The van der Waals surface area contributed by atoms with E-state index in [1.807, 2.05) is 19.9 Å². The van der Waals surface area contributed by atoms with Crippen molar-refractivity contribution in [3.63, 3.8) is 0 Å². The Hall–Kier alpha value is -2.75. The van der Waals surface area contributed by atoms with Crippen LogP contribution in [0.15, 0.2) is 11.6 Å². The minimum Gasteiger partial charge on any atom is -0.349 e. The Bertz CT molecular complexity index is 808.